The van der Waals surface area contributed by atoms with Gasteiger partial charge < -0.3 is 4.74 Å². The van der Waals surface area contributed by atoms with Gasteiger partial charge in [-0.1, -0.05) is 36.4 Å². The van der Waals surface area contributed by atoms with E-state index >= 15 is 0 Å². The SMILES string of the molecule is N#Cc1ccc(CCOc2cccc(NS(=O)(=O)c3ccccc3)c2)cc1. The number of sulfonamides is 1. The maximum Gasteiger partial charge on any atom is 0.261 e. The molecular formula is C21H18N2O3S. The average molecular weight is 378 g/mol. The van der Waals surface area contributed by atoms with E-state index in [1.807, 2.05) is 12.1 Å². The third-order valence-electron chi connectivity index (χ3n) is 3.88. The van der Waals surface area contributed by atoms with Crippen molar-refractivity contribution in [1.29, 1.82) is 5.26 Å². The summed E-state index contributed by atoms with van der Waals surface area (Å²) in [5.74, 6) is 0.580. The molecule has 6 heteroatoms. The zero-order valence-corrected chi connectivity index (χ0v) is 15.3. The van der Waals surface area contributed by atoms with E-state index in [0.29, 0.717) is 30.0 Å². The number of benzene rings is 3. The second-order valence-corrected chi connectivity index (χ2v) is 7.54. The maximum absolute atomic E-state index is 12.4. The van der Waals surface area contributed by atoms with Crippen LogP contribution in [0.3, 0.4) is 0 Å². The molecule has 3 aromatic carbocycles. The minimum atomic E-state index is -3.63. The van der Waals surface area contributed by atoms with Crippen molar-refractivity contribution in [3.8, 4) is 11.8 Å². The third kappa shape index (κ3) is 5.09. The molecule has 0 bridgehead atoms. The van der Waals surface area contributed by atoms with Crippen molar-refractivity contribution in [3.63, 3.8) is 0 Å². The van der Waals surface area contributed by atoms with Crippen molar-refractivity contribution in [2.75, 3.05) is 11.3 Å². The molecule has 27 heavy (non-hydrogen) atoms. The van der Waals surface area contributed by atoms with E-state index in [2.05, 4.69) is 10.8 Å². The predicted octanol–water partition coefficient (Wildman–Crippen LogP) is 3.98. The maximum atomic E-state index is 12.4. The molecular weight excluding hydrogens is 360 g/mol. The van der Waals surface area contributed by atoms with E-state index in [9.17, 15) is 8.42 Å². The highest BCUT2D eigenvalue weighted by molar-refractivity contribution is 7.92. The number of anilines is 1. The summed E-state index contributed by atoms with van der Waals surface area (Å²) in [5.41, 5.74) is 2.13. The fourth-order valence-electron chi connectivity index (χ4n) is 2.50. The third-order valence-corrected chi connectivity index (χ3v) is 5.28. The average Bonchev–Trinajstić information content (AvgIpc) is 2.69. The lowest BCUT2D eigenvalue weighted by Gasteiger charge is -2.11. The molecule has 136 valence electrons. The molecule has 0 radical (unpaired) electrons. The van der Waals surface area contributed by atoms with Crippen LogP contribution in [0.15, 0.2) is 83.8 Å². The zero-order chi connectivity index (χ0) is 19.1. The van der Waals surface area contributed by atoms with E-state index in [1.165, 1.54) is 0 Å². The van der Waals surface area contributed by atoms with Crippen molar-refractivity contribution in [2.24, 2.45) is 0 Å². The smallest absolute Gasteiger partial charge is 0.261 e. The summed E-state index contributed by atoms with van der Waals surface area (Å²) in [7, 11) is -3.63. The van der Waals surface area contributed by atoms with Crippen molar-refractivity contribution in [3.05, 3.63) is 90.0 Å². The number of nitrogens with zero attached hydrogens (tertiary/aromatic N) is 1. The Hall–Kier alpha value is -3.30. The number of rotatable bonds is 7. The number of nitriles is 1. The highest BCUT2D eigenvalue weighted by Gasteiger charge is 2.13. The van der Waals surface area contributed by atoms with Crippen molar-refractivity contribution >= 4 is 15.7 Å². The number of hydrogen-bond donors (Lipinski definition) is 1. The number of hydrogen-bond acceptors (Lipinski definition) is 4. The monoisotopic (exact) mass is 378 g/mol. The first-order valence-corrected chi connectivity index (χ1v) is 9.85. The van der Waals surface area contributed by atoms with Crippen LogP contribution in [0.5, 0.6) is 5.75 Å². The molecule has 0 aliphatic carbocycles. The first kappa shape index (κ1) is 18.5. The van der Waals surface area contributed by atoms with Gasteiger partial charge in [-0.3, -0.25) is 4.72 Å². The van der Waals surface area contributed by atoms with Crippen molar-refractivity contribution < 1.29 is 13.2 Å². The Labute approximate surface area is 158 Å². The lowest BCUT2D eigenvalue weighted by atomic mass is 10.1. The van der Waals surface area contributed by atoms with Crippen LogP contribution in [0.2, 0.25) is 0 Å². The van der Waals surface area contributed by atoms with Crippen molar-refractivity contribution in [2.45, 2.75) is 11.3 Å². The van der Waals surface area contributed by atoms with Gasteiger partial charge in [-0.2, -0.15) is 5.26 Å². The molecule has 0 spiro atoms. The van der Waals surface area contributed by atoms with Crippen LogP contribution in [0, 0.1) is 11.3 Å². The summed E-state index contributed by atoms with van der Waals surface area (Å²) < 4.78 is 33.1. The van der Waals surface area contributed by atoms with E-state index in [-0.39, 0.29) is 4.90 Å². The molecule has 0 saturated heterocycles. The summed E-state index contributed by atoms with van der Waals surface area (Å²) >= 11 is 0. The van der Waals surface area contributed by atoms with Gasteiger partial charge >= 0.3 is 0 Å². The lowest BCUT2D eigenvalue weighted by molar-refractivity contribution is 0.322. The van der Waals surface area contributed by atoms with Gasteiger partial charge in [0.15, 0.2) is 0 Å². The van der Waals surface area contributed by atoms with Crippen LogP contribution in [-0.2, 0) is 16.4 Å². The minimum absolute atomic E-state index is 0.206. The molecule has 0 aromatic heterocycles. The molecule has 3 rings (SSSR count). The first-order chi connectivity index (χ1) is 13.1. The van der Waals surface area contributed by atoms with E-state index in [1.54, 1.807) is 66.7 Å². The highest BCUT2D eigenvalue weighted by Crippen LogP contribution is 2.21. The van der Waals surface area contributed by atoms with E-state index < -0.39 is 10.0 Å². The molecule has 3 aromatic rings. The van der Waals surface area contributed by atoms with E-state index in [0.717, 1.165) is 5.56 Å². The van der Waals surface area contributed by atoms with Gasteiger partial charge in [0.2, 0.25) is 0 Å². The second-order valence-electron chi connectivity index (χ2n) is 5.85. The van der Waals surface area contributed by atoms with Crippen LogP contribution in [0.25, 0.3) is 0 Å². The minimum Gasteiger partial charge on any atom is -0.493 e. The largest absolute Gasteiger partial charge is 0.493 e. The quantitative estimate of drug-likeness (QED) is 0.674. The van der Waals surface area contributed by atoms with Gasteiger partial charge in [-0.05, 0) is 42.0 Å². The van der Waals surface area contributed by atoms with Crippen molar-refractivity contribution in [1.82, 2.24) is 0 Å². The Morgan fingerprint density at radius 3 is 2.37 bits per heavy atom. The summed E-state index contributed by atoms with van der Waals surface area (Å²) in [6, 6.07) is 24.5. The Morgan fingerprint density at radius 2 is 1.67 bits per heavy atom. The summed E-state index contributed by atoms with van der Waals surface area (Å²) in [4.78, 5) is 0.206. The van der Waals surface area contributed by atoms with E-state index in [4.69, 9.17) is 10.00 Å². The Morgan fingerprint density at radius 1 is 0.926 bits per heavy atom. The number of ether oxygens (including phenoxy) is 1. The molecule has 0 unspecified atom stereocenters. The molecule has 0 saturated carbocycles. The predicted molar refractivity (Wildman–Crippen MR) is 104 cm³/mol. The van der Waals surface area contributed by atoms with Gasteiger partial charge in [-0.15, -0.1) is 0 Å². The number of nitrogens with one attached hydrogen (secondary N) is 1. The first-order valence-electron chi connectivity index (χ1n) is 8.36. The summed E-state index contributed by atoms with van der Waals surface area (Å²) in [5, 5.41) is 8.81. The van der Waals surface area contributed by atoms with Crippen LogP contribution in [0.4, 0.5) is 5.69 Å². The van der Waals surface area contributed by atoms with Crippen LogP contribution >= 0.6 is 0 Å². The standard InChI is InChI=1S/C21H18N2O3S/c22-16-18-11-9-17(10-12-18)13-14-26-20-6-4-5-19(15-20)23-27(24,25)21-7-2-1-3-8-21/h1-12,15,23H,13-14H2. The fourth-order valence-corrected chi connectivity index (χ4v) is 3.57. The Kier molecular flexibility index (Phi) is 5.74. The molecule has 0 amide bonds. The molecule has 0 aliphatic heterocycles. The highest BCUT2D eigenvalue weighted by atomic mass is 32.2. The van der Waals surface area contributed by atoms with Crippen LogP contribution in [0.1, 0.15) is 11.1 Å². The lowest BCUT2D eigenvalue weighted by Crippen LogP contribution is -2.12. The van der Waals surface area contributed by atoms with Gasteiger partial charge in [-0.25, -0.2) is 8.42 Å². The van der Waals surface area contributed by atoms with Gasteiger partial charge in [0.05, 0.1) is 28.8 Å². The topological polar surface area (TPSA) is 79.2 Å². The molecule has 0 fully saturated rings. The van der Waals surface area contributed by atoms with Gasteiger partial charge in [0.25, 0.3) is 10.0 Å². The molecule has 1 N–H and O–H groups in total. The van der Waals surface area contributed by atoms with Crippen LogP contribution < -0.4 is 9.46 Å². The normalized spacial score (nSPS) is 10.8. The van der Waals surface area contributed by atoms with Gasteiger partial charge in [0, 0.05) is 12.5 Å². The van der Waals surface area contributed by atoms with Crippen LogP contribution in [-0.4, -0.2) is 15.0 Å². The summed E-state index contributed by atoms with van der Waals surface area (Å²) in [6.45, 7) is 0.445. The second kappa shape index (κ2) is 8.39. The fraction of sp³-hybridized carbons (Fsp3) is 0.0952. The zero-order valence-electron chi connectivity index (χ0n) is 14.5. The summed E-state index contributed by atoms with van der Waals surface area (Å²) in [6.07, 6.45) is 0.686. The van der Waals surface area contributed by atoms with Gasteiger partial charge in [0.1, 0.15) is 5.75 Å². The molecule has 5 nitrogen and oxygen atoms in total. The molecule has 0 heterocycles. The Bertz CT molecular complexity index is 1040. The molecule has 0 atom stereocenters. The Balaban J connectivity index is 1.61. The molecule has 0 aliphatic rings.